The standard InChI is InChI=1S/C17H20BrN3O/c1-2-14(22)21-16(12-3-5-13(18)6-4-12)17-15(19-21)11-7-9-20(17)10-8-11/h3-6,11,16-17H,2,7-10H2,1H3/p+1/t16-,17+/m1/s1. The third kappa shape index (κ3) is 2.14. The van der Waals surface area contributed by atoms with Crippen LogP contribution in [0.5, 0.6) is 0 Å². The fourth-order valence-corrected chi connectivity index (χ4v) is 4.55. The van der Waals surface area contributed by atoms with E-state index in [0.717, 1.165) is 4.47 Å². The molecular weight excluding hydrogens is 342 g/mol. The van der Waals surface area contributed by atoms with Crippen LogP contribution in [0.1, 0.15) is 37.8 Å². The number of hydrogen-bond acceptors (Lipinski definition) is 2. The summed E-state index contributed by atoms with van der Waals surface area (Å²) in [6.45, 7) is 4.36. The smallest absolute Gasteiger partial charge is 0.243 e. The monoisotopic (exact) mass is 362 g/mol. The minimum atomic E-state index is 0.0775. The molecule has 1 amide bonds. The van der Waals surface area contributed by atoms with Gasteiger partial charge in [0, 0.05) is 29.7 Å². The molecular formula is C17H21BrN3O+. The van der Waals surface area contributed by atoms with Crippen molar-refractivity contribution in [2.75, 3.05) is 13.1 Å². The first kappa shape index (κ1) is 14.4. The van der Waals surface area contributed by atoms with Crippen molar-refractivity contribution in [3.8, 4) is 0 Å². The summed E-state index contributed by atoms with van der Waals surface area (Å²) in [6.07, 6.45) is 2.97. The molecule has 4 aliphatic rings. The number of fused-ring (bicyclic) bond motifs is 2. The van der Waals surface area contributed by atoms with Crippen LogP contribution in [0.3, 0.4) is 0 Å². The summed E-state index contributed by atoms with van der Waals surface area (Å²) < 4.78 is 1.07. The number of piperidine rings is 3. The minimum Gasteiger partial charge on any atom is -0.326 e. The molecule has 2 bridgehead atoms. The van der Waals surface area contributed by atoms with Gasteiger partial charge in [-0.2, -0.15) is 5.10 Å². The number of quaternary nitrogens is 1. The topological polar surface area (TPSA) is 37.1 Å². The van der Waals surface area contributed by atoms with Gasteiger partial charge in [0.05, 0.1) is 13.1 Å². The highest BCUT2D eigenvalue weighted by Gasteiger charge is 2.54. The predicted octanol–water partition coefficient (Wildman–Crippen LogP) is 1.78. The number of carbonyl (C=O) groups excluding carboxylic acids is 1. The molecule has 0 aromatic heterocycles. The largest absolute Gasteiger partial charge is 0.326 e. The Labute approximate surface area is 139 Å². The van der Waals surface area contributed by atoms with Crippen LogP contribution in [0.4, 0.5) is 0 Å². The molecule has 4 aliphatic heterocycles. The van der Waals surface area contributed by atoms with Gasteiger partial charge in [0.25, 0.3) is 0 Å². The highest BCUT2D eigenvalue weighted by Crippen LogP contribution is 2.37. The summed E-state index contributed by atoms with van der Waals surface area (Å²) in [4.78, 5) is 14.1. The van der Waals surface area contributed by atoms with Crippen molar-refractivity contribution in [1.82, 2.24) is 5.01 Å². The Morgan fingerprint density at radius 2 is 2.00 bits per heavy atom. The predicted molar refractivity (Wildman–Crippen MR) is 88.7 cm³/mol. The van der Waals surface area contributed by atoms with Crippen molar-refractivity contribution >= 4 is 27.5 Å². The Hall–Kier alpha value is -1.20. The van der Waals surface area contributed by atoms with Gasteiger partial charge in [-0.15, -0.1) is 0 Å². The Kier molecular flexibility index (Phi) is 3.57. The van der Waals surface area contributed by atoms with Crippen LogP contribution >= 0.6 is 15.9 Å². The Morgan fingerprint density at radius 3 is 2.64 bits per heavy atom. The summed E-state index contributed by atoms with van der Waals surface area (Å²) >= 11 is 3.50. The number of carbonyl (C=O) groups is 1. The maximum atomic E-state index is 12.4. The molecule has 0 radical (unpaired) electrons. The zero-order valence-electron chi connectivity index (χ0n) is 12.8. The van der Waals surface area contributed by atoms with Crippen LogP contribution in [0.2, 0.25) is 0 Å². The van der Waals surface area contributed by atoms with E-state index < -0.39 is 0 Å². The Morgan fingerprint density at radius 1 is 1.32 bits per heavy atom. The van der Waals surface area contributed by atoms with Gasteiger partial charge in [0.15, 0.2) is 6.04 Å². The molecule has 116 valence electrons. The molecule has 3 fully saturated rings. The third-order valence-electron chi connectivity index (χ3n) is 5.38. The minimum absolute atomic E-state index is 0.0775. The van der Waals surface area contributed by atoms with Crippen LogP contribution in [-0.2, 0) is 4.79 Å². The molecule has 5 rings (SSSR count). The number of hydrazone groups is 1. The van der Waals surface area contributed by atoms with E-state index in [1.165, 1.54) is 37.2 Å². The second-order valence-electron chi connectivity index (χ2n) is 6.52. The molecule has 2 atom stereocenters. The first-order chi connectivity index (χ1) is 10.7. The Balaban J connectivity index is 1.76. The van der Waals surface area contributed by atoms with Gasteiger partial charge in [-0.25, -0.2) is 5.01 Å². The van der Waals surface area contributed by atoms with Crippen LogP contribution in [0.15, 0.2) is 33.8 Å². The van der Waals surface area contributed by atoms with Crippen LogP contribution in [0, 0.1) is 5.92 Å². The molecule has 1 aromatic rings. The summed E-state index contributed by atoms with van der Waals surface area (Å²) in [7, 11) is 0. The number of benzene rings is 1. The molecule has 1 N–H and O–H groups in total. The summed E-state index contributed by atoms with van der Waals surface area (Å²) in [5, 5.41) is 6.60. The maximum Gasteiger partial charge on any atom is 0.243 e. The number of nitrogens with one attached hydrogen (secondary N) is 1. The first-order valence-corrected chi connectivity index (χ1v) is 8.99. The average molecular weight is 363 g/mol. The molecule has 22 heavy (non-hydrogen) atoms. The van der Waals surface area contributed by atoms with Gasteiger partial charge in [-0.05, 0) is 17.7 Å². The molecule has 1 aromatic carbocycles. The van der Waals surface area contributed by atoms with Crippen molar-refractivity contribution < 1.29 is 9.69 Å². The summed E-state index contributed by atoms with van der Waals surface area (Å²) in [5.74, 6) is 0.727. The highest BCUT2D eigenvalue weighted by molar-refractivity contribution is 9.10. The van der Waals surface area contributed by atoms with Gasteiger partial charge in [0.2, 0.25) is 5.91 Å². The molecule has 0 unspecified atom stereocenters. The third-order valence-corrected chi connectivity index (χ3v) is 5.91. The molecule has 4 heterocycles. The Bertz CT molecular complexity index is 619. The maximum absolute atomic E-state index is 12.4. The van der Waals surface area contributed by atoms with E-state index in [4.69, 9.17) is 5.10 Å². The van der Waals surface area contributed by atoms with Gasteiger partial charge < -0.3 is 4.90 Å². The van der Waals surface area contributed by atoms with Crippen molar-refractivity contribution in [2.24, 2.45) is 11.0 Å². The summed E-state index contributed by atoms with van der Waals surface area (Å²) in [6, 6.07) is 8.83. The number of amides is 1. The number of rotatable bonds is 2. The lowest BCUT2D eigenvalue weighted by Crippen LogP contribution is -3.20. The average Bonchev–Trinajstić information content (AvgIpc) is 2.98. The van der Waals surface area contributed by atoms with Crippen LogP contribution < -0.4 is 4.90 Å². The fraction of sp³-hybridized carbons (Fsp3) is 0.529. The highest BCUT2D eigenvalue weighted by atomic mass is 79.9. The second kappa shape index (κ2) is 5.46. The van der Waals surface area contributed by atoms with Gasteiger partial charge in [-0.1, -0.05) is 35.0 Å². The van der Waals surface area contributed by atoms with Crippen molar-refractivity contribution in [1.29, 1.82) is 0 Å². The van der Waals surface area contributed by atoms with Crippen LogP contribution in [0.25, 0.3) is 0 Å². The molecule has 0 spiro atoms. The van der Waals surface area contributed by atoms with Crippen molar-refractivity contribution in [2.45, 2.75) is 38.3 Å². The number of halogens is 1. The SMILES string of the molecule is CCC(=O)N1N=C2C3CC[NH+](CC3)[C@@H]2[C@H]1c1ccc(Br)cc1. The zero-order valence-corrected chi connectivity index (χ0v) is 14.3. The van der Waals surface area contributed by atoms with Gasteiger partial charge >= 0.3 is 0 Å². The van der Waals surface area contributed by atoms with E-state index in [2.05, 4.69) is 40.2 Å². The van der Waals surface area contributed by atoms with Gasteiger partial charge in [-0.3, -0.25) is 4.79 Å². The van der Waals surface area contributed by atoms with E-state index in [9.17, 15) is 4.79 Å². The normalized spacial score (nSPS) is 32.8. The van der Waals surface area contributed by atoms with E-state index in [1.54, 1.807) is 9.91 Å². The molecule has 3 saturated heterocycles. The molecule has 4 nitrogen and oxygen atoms in total. The lowest BCUT2D eigenvalue weighted by Gasteiger charge is -2.42. The zero-order chi connectivity index (χ0) is 15.3. The van der Waals surface area contributed by atoms with Crippen LogP contribution in [-0.4, -0.2) is 35.8 Å². The fourth-order valence-electron chi connectivity index (χ4n) is 4.28. The number of hydrogen-bond donors (Lipinski definition) is 1. The van der Waals surface area contributed by atoms with E-state index in [-0.39, 0.29) is 11.9 Å². The first-order valence-electron chi connectivity index (χ1n) is 8.19. The lowest BCUT2D eigenvalue weighted by atomic mass is 9.78. The van der Waals surface area contributed by atoms with Crippen molar-refractivity contribution in [3.63, 3.8) is 0 Å². The van der Waals surface area contributed by atoms with E-state index in [0.29, 0.717) is 18.4 Å². The molecule has 0 aliphatic carbocycles. The van der Waals surface area contributed by atoms with E-state index in [1.807, 2.05) is 6.92 Å². The second-order valence-corrected chi connectivity index (χ2v) is 7.44. The van der Waals surface area contributed by atoms with E-state index >= 15 is 0 Å². The van der Waals surface area contributed by atoms with Crippen molar-refractivity contribution in [3.05, 3.63) is 34.3 Å². The number of nitrogens with zero attached hydrogens (tertiary/aromatic N) is 2. The molecule has 5 heteroatoms. The van der Waals surface area contributed by atoms with Gasteiger partial charge in [0.1, 0.15) is 11.8 Å². The lowest BCUT2D eigenvalue weighted by molar-refractivity contribution is -0.927. The summed E-state index contributed by atoms with van der Waals surface area (Å²) in [5.41, 5.74) is 2.48. The molecule has 0 saturated carbocycles. The quantitative estimate of drug-likeness (QED) is 0.855.